The van der Waals surface area contributed by atoms with Crippen LogP contribution in [0.15, 0.2) is 29.2 Å². The standard InChI is InChI=1S/C15H23N3O3/c1-15(2,18-7-9-21-10-8-18)12-16-13(19)11-17-6-4-3-5-14(17)20/h3-6H,7-12H2,1-2H3,(H,16,19). The molecule has 6 nitrogen and oxygen atoms in total. The first kappa shape index (κ1) is 15.7. The van der Waals surface area contributed by atoms with E-state index in [1.54, 1.807) is 18.3 Å². The van der Waals surface area contributed by atoms with Gasteiger partial charge in [0.05, 0.1) is 13.2 Å². The zero-order valence-corrected chi connectivity index (χ0v) is 12.7. The van der Waals surface area contributed by atoms with Crippen LogP contribution in [0.1, 0.15) is 13.8 Å². The molecular formula is C15H23N3O3. The molecule has 0 spiro atoms. The van der Waals surface area contributed by atoms with Crippen LogP contribution in [0.3, 0.4) is 0 Å². The summed E-state index contributed by atoms with van der Waals surface area (Å²) in [4.78, 5) is 25.9. The lowest BCUT2D eigenvalue weighted by Crippen LogP contribution is -2.55. The van der Waals surface area contributed by atoms with Crippen LogP contribution in [0.4, 0.5) is 0 Å². The molecule has 2 rings (SSSR count). The summed E-state index contributed by atoms with van der Waals surface area (Å²) >= 11 is 0. The third-order valence-electron chi connectivity index (χ3n) is 3.80. The van der Waals surface area contributed by atoms with Crippen LogP contribution in [0.25, 0.3) is 0 Å². The molecule has 2 heterocycles. The van der Waals surface area contributed by atoms with Crippen molar-refractivity contribution in [1.82, 2.24) is 14.8 Å². The number of nitrogens with one attached hydrogen (secondary N) is 1. The number of pyridine rings is 1. The second kappa shape index (κ2) is 6.87. The first-order chi connectivity index (χ1) is 9.99. The maximum atomic E-state index is 12.0. The number of carbonyl (C=O) groups excluding carboxylic acids is 1. The summed E-state index contributed by atoms with van der Waals surface area (Å²) in [6, 6.07) is 4.86. The fourth-order valence-corrected chi connectivity index (χ4v) is 2.40. The SMILES string of the molecule is CC(C)(CNC(=O)Cn1ccccc1=O)N1CCOCC1. The number of hydrogen-bond acceptors (Lipinski definition) is 4. The quantitative estimate of drug-likeness (QED) is 0.835. The first-order valence-electron chi connectivity index (χ1n) is 7.24. The monoisotopic (exact) mass is 293 g/mol. The second-order valence-corrected chi connectivity index (χ2v) is 5.86. The number of carbonyl (C=O) groups is 1. The Kier molecular flexibility index (Phi) is 5.14. The van der Waals surface area contributed by atoms with Crippen molar-refractivity contribution in [2.45, 2.75) is 25.9 Å². The minimum Gasteiger partial charge on any atom is -0.379 e. The van der Waals surface area contributed by atoms with Gasteiger partial charge in [0.25, 0.3) is 5.56 Å². The van der Waals surface area contributed by atoms with E-state index in [-0.39, 0.29) is 23.6 Å². The highest BCUT2D eigenvalue weighted by Crippen LogP contribution is 2.14. The van der Waals surface area contributed by atoms with Crippen molar-refractivity contribution in [1.29, 1.82) is 0 Å². The van der Waals surface area contributed by atoms with E-state index < -0.39 is 0 Å². The Labute approximate surface area is 124 Å². The molecule has 116 valence electrons. The van der Waals surface area contributed by atoms with Gasteiger partial charge in [-0.3, -0.25) is 14.5 Å². The number of nitrogens with zero attached hydrogens (tertiary/aromatic N) is 2. The van der Waals surface area contributed by atoms with E-state index in [9.17, 15) is 9.59 Å². The van der Waals surface area contributed by atoms with Gasteiger partial charge in [-0.1, -0.05) is 6.07 Å². The van der Waals surface area contributed by atoms with Crippen molar-refractivity contribution in [3.63, 3.8) is 0 Å². The van der Waals surface area contributed by atoms with Crippen LogP contribution in [0, 0.1) is 0 Å². The number of aromatic nitrogens is 1. The number of amides is 1. The van der Waals surface area contributed by atoms with E-state index in [0.29, 0.717) is 6.54 Å². The Morgan fingerprint density at radius 3 is 2.71 bits per heavy atom. The van der Waals surface area contributed by atoms with Crippen LogP contribution >= 0.6 is 0 Å². The Balaban J connectivity index is 1.85. The summed E-state index contributed by atoms with van der Waals surface area (Å²) in [6.45, 7) is 8.03. The maximum Gasteiger partial charge on any atom is 0.250 e. The van der Waals surface area contributed by atoms with Gasteiger partial charge in [-0.05, 0) is 19.9 Å². The molecule has 0 atom stereocenters. The van der Waals surface area contributed by atoms with E-state index in [4.69, 9.17) is 4.74 Å². The molecule has 1 saturated heterocycles. The maximum absolute atomic E-state index is 12.0. The Hall–Kier alpha value is -1.66. The minimum atomic E-state index is -0.167. The predicted octanol–water partition coefficient (Wildman–Crippen LogP) is 0.0753. The van der Waals surface area contributed by atoms with E-state index in [1.165, 1.54) is 10.6 Å². The average molecular weight is 293 g/mol. The number of morpholine rings is 1. The Bertz CT molecular complexity index is 533. The lowest BCUT2D eigenvalue weighted by atomic mass is 10.0. The molecule has 6 heteroatoms. The summed E-state index contributed by atoms with van der Waals surface area (Å²) in [5.41, 5.74) is -0.291. The summed E-state index contributed by atoms with van der Waals surface area (Å²) in [6.07, 6.45) is 1.62. The highest BCUT2D eigenvalue weighted by molar-refractivity contribution is 5.75. The van der Waals surface area contributed by atoms with E-state index in [1.807, 2.05) is 0 Å². The molecular weight excluding hydrogens is 270 g/mol. The van der Waals surface area contributed by atoms with Crippen LogP contribution in [-0.2, 0) is 16.1 Å². The highest BCUT2D eigenvalue weighted by atomic mass is 16.5. The molecule has 0 aliphatic carbocycles. The van der Waals surface area contributed by atoms with Crippen LogP contribution in [0.2, 0.25) is 0 Å². The second-order valence-electron chi connectivity index (χ2n) is 5.86. The molecule has 0 saturated carbocycles. The zero-order chi connectivity index (χ0) is 15.3. The number of ether oxygens (including phenoxy) is 1. The molecule has 1 aliphatic heterocycles. The van der Waals surface area contributed by atoms with Gasteiger partial charge in [0.2, 0.25) is 5.91 Å². The number of rotatable bonds is 5. The van der Waals surface area contributed by atoms with Gasteiger partial charge in [0.15, 0.2) is 0 Å². The van der Waals surface area contributed by atoms with Crippen molar-refractivity contribution in [3.8, 4) is 0 Å². The van der Waals surface area contributed by atoms with Gasteiger partial charge in [0.1, 0.15) is 6.54 Å². The fourth-order valence-electron chi connectivity index (χ4n) is 2.40. The van der Waals surface area contributed by atoms with Crippen molar-refractivity contribution in [2.24, 2.45) is 0 Å². The van der Waals surface area contributed by atoms with Crippen molar-refractivity contribution >= 4 is 5.91 Å². The third kappa shape index (κ3) is 4.41. The van der Waals surface area contributed by atoms with Gasteiger partial charge < -0.3 is 14.6 Å². The molecule has 0 bridgehead atoms. The molecule has 0 unspecified atom stereocenters. The largest absolute Gasteiger partial charge is 0.379 e. The van der Waals surface area contributed by atoms with Gasteiger partial charge in [-0.2, -0.15) is 0 Å². The normalized spacial score (nSPS) is 16.7. The molecule has 1 fully saturated rings. The highest BCUT2D eigenvalue weighted by Gasteiger charge is 2.28. The topological polar surface area (TPSA) is 63.6 Å². The van der Waals surface area contributed by atoms with Crippen molar-refractivity contribution < 1.29 is 9.53 Å². The molecule has 1 aliphatic rings. The third-order valence-corrected chi connectivity index (χ3v) is 3.80. The number of hydrogen-bond donors (Lipinski definition) is 1. The Morgan fingerprint density at radius 2 is 2.05 bits per heavy atom. The van der Waals surface area contributed by atoms with Crippen molar-refractivity contribution in [3.05, 3.63) is 34.7 Å². The van der Waals surface area contributed by atoms with Gasteiger partial charge in [-0.25, -0.2) is 0 Å². The molecule has 1 aromatic heterocycles. The zero-order valence-electron chi connectivity index (χ0n) is 12.7. The summed E-state index contributed by atoms with van der Waals surface area (Å²) < 4.78 is 6.75. The lowest BCUT2D eigenvalue weighted by Gasteiger charge is -2.40. The fraction of sp³-hybridized carbons (Fsp3) is 0.600. The van der Waals surface area contributed by atoms with Gasteiger partial charge in [-0.15, -0.1) is 0 Å². The first-order valence-corrected chi connectivity index (χ1v) is 7.24. The molecule has 0 radical (unpaired) electrons. The lowest BCUT2D eigenvalue weighted by molar-refractivity contribution is -0.122. The minimum absolute atomic E-state index is 0.0544. The summed E-state index contributed by atoms with van der Waals surface area (Å²) in [5, 5.41) is 2.91. The molecule has 0 aromatic carbocycles. The molecule has 1 N–H and O–H groups in total. The predicted molar refractivity (Wildman–Crippen MR) is 80.2 cm³/mol. The summed E-state index contributed by atoms with van der Waals surface area (Å²) in [7, 11) is 0. The molecule has 21 heavy (non-hydrogen) atoms. The van der Waals surface area contributed by atoms with Crippen molar-refractivity contribution in [2.75, 3.05) is 32.8 Å². The molecule has 1 aromatic rings. The van der Waals surface area contributed by atoms with Gasteiger partial charge >= 0.3 is 0 Å². The van der Waals surface area contributed by atoms with E-state index in [2.05, 4.69) is 24.1 Å². The smallest absolute Gasteiger partial charge is 0.250 e. The molecule has 1 amide bonds. The van der Waals surface area contributed by atoms with Gasteiger partial charge in [0, 0.05) is 37.4 Å². The van der Waals surface area contributed by atoms with Crippen LogP contribution in [0.5, 0.6) is 0 Å². The Morgan fingerprint density at radius 1 is 1.33 bits per heavy atom. The van der Waals surface area contributed by atoms with Crippen LogP contribution in [-0.4, -0.2) is 53.8 Å². The average Bonchev–Trinajstić information content (AvgIpc) is 2.49. The van der Waals surface area contributed by atoms with E-state index >= 15 is 0 Å². The van der Waals surface area contributed by atoms with Crippen LogP contribution < -0.4 is 10.9 Å². The van der Waals surface area contributed by atoms with E-state index in [0.717, 1.165) is 26.3 Å². The summed E-state index contributed by atoms with van der Waals surface area (Å²) in [5.74, 6) is -0.148.